The third-order valence-corrected chi connectivity index (χ3v) is 6.46. The molecule has 0 aromatic carbocycles. The molecule has 0 saturated carbocycles. The van der Waals surface area contributed by atoms with E-state index >= 15 is 0 Å². The largest absolute Gasteiger partial charge is 0.289 e. The first-order valence-corrected chi connectivity index (χ1v) is 12.2. The summed E-state index contributed by atoms with van der Waals surface area (Å²) in [5.74, 6) is 0.122. The Labute approximate surface area is 192 Å². The van der Waals surface area contributed by atoms with Gasteiger partial charge >= 0.3 is 0 Å². The van der Waals surface area contributed by atoms with Gasteiger partial charge in [-0.15, -0.1) is 0 Å². The Morgan fingerprint density at radius 3 is 1.94 bits per heavy atom. The third kappa shape index (κ3) is 9.97. The van der Waals surface area contributed by atoms with Crippen molar-refractivity contribution in [3.63, 3.8) is 0 Å². The van der Waals surface area contributed by atoms with E-state index in [4.69, 9.17) is 0 Å². The molecular formula is C29H46O2. The number of unbranched alkanes of at least 4 members (excludes halogenated alkanes) is 3. The van der Waals surface area contributed by atoms with E-state index in [0.717, 1.165) is 50.5 Å². The molecule has 0 saturated heterocycles. The van der Waals surface area contributed by atoms with Gasteiger partial charge in [-0.1, -0.05) is 50.5 Å². The fourth-order valence-corrected chi connectivity index (χ4v) is 4.08. The summed E-state index contributed by atoms with van der Waals surface area (Å²) >= 11 is 0. The molecule has 1 rings (SSSR count). The highest BCUT2D eigenvalue weighted by atomic mass is 16.1. The lowest BCUT2D eigenvalue weighted by atomic mass is 9.84. The van der Waals surface area contributed by atoms with Crippen LogP contribution in [0.15, 0.2) is 45.6 Å². The first-order chi connectivity index (χ1) is 14.4. The maximum atomic E-state index is 12.5. The quantitative estimate of drug-likeness (QED) is 0.178. The van der Waals surface area contributed by atoms with Crippen molar-refractivity contribution in [3.05, 3.63) is 45.6 Å². The van der Waals surface area contributed by atoms with Gasteiger partial charge in [0.25, 0.3) is 0 Å². The van der Waals surface area contributed by atoms with E-state index in [1.807, 2.05) is 0 Å². The second-order valence-corrected chi connectivity index (χ2v) is 10.7. The topological polar surface area (TPSA) is 34.1 Å². The highest BCUT2D eigenvalue weighted by molar-refractivity contribution is 6.24. The molecule has 0 atom stereocenters. The molecule has 0 spiro atoms. The first kappa shape index (κ1) is 27.3. The van der Waals surface area contributed by atoms with Gasteiger partial charge in [0, 0.05) is 22.3 Å². The average molecular weight is 427 g/mol. The van der Waals surface area contributed by atoms with Gasteiger partial charge in [0.1, 0.15) is 0 Å². The van der Waals surface area contributed by atoms with E-state index in [2.05, 4.69) is 46.8 Å². The van der Waals surface area contributed by atoms with E-state index in [-0.39, 0.29) is 11.6 Å². The Morgan fingerprint density at radius 2 is 1.29 bits per heavy atom. The van der Waals surface area contributed by atoms with Crippen molar-refractivity contribution in [2.75, 3.05) is 0 Å². The Balaban J connectivity index is 2.26. The molecule has 0 fully saturated rings. The molecule has 2 heteroatoms. The zero-order chi connectivity index (χ0) is 23.6. The highest BCUT2D eigenvalue weighted by Gasteiger charge is 2.27. The van der Waals surface area contributed by atoms with Crippen molar-refractivity contribution in [1.29, 1.82) is 0 Å². The number of hydrogen-bond acceptors (Lipinski definition) is 2. The Hall–Kier alpha value is -1.70. The lowest BCUT2D eigenvalue weighted by Crippen LogP contribution is -2.20. The molecule has 0 aromatic heterocycles. The maximum absolute atomic E-state index is 12.5. The van der Waals surface area contributed by atoms with E-state index < -0.39 is 0 Å². The van der Waals surface area contributed by atoms with Crippen molar-refractivity contribution < 1.29 is 9.59 Å². The van der Waals surface area contributed by atoms with Crippen LogP contribution in [0, 0.1) is 5.41 Å². The van der Waals surface area contributed by atoms with Crippen LogP contribution in [-0.4, -0.2) is 11.6 Å². The minimum absolute atomic E-state index is 0.0455. The number of carbonyl (C=O) groups is 2. The van der Waals surface area contributed by atoms with Crippen LogP contribution in [0.3, 0.4) is 0 Å². The summed E-state index contributed by atoms with van der Waals surface area (Å²) in [5.41, 5.74) is 6.08. The summed E-state index contributed by atoms with van der Waals surface area (Å²) in [4.78, 5) is 24.7. The second kappa shape index (κ2) is 13.0. The normalized spacial score (nSPS) is 16.6. The SMILES string of the molecule is CC1=C(C)C(=O)C(CCCCC/C=C(\C)CC/C=C(\C)CCCC(C)(C)C)=C(C)C1=O. The molecule has 0 heterocycles. The molecule has 2 nitrogen and oxygen atoms in total. The summed E-state index contributed by atoms with van der Waals surface area (Å²) in [6.07, 6.45) is 15.9. The van der Waals surface area contributed by atoms with Crippen LogP contribution in [0.1, 0.15) is 120 Å². The minimum atomic E-state index is 0.0455. The minimum Gasteiger partial charge on any atom is -0.289 e. The van der Waals surface area contributed by atoms with E-state index in [1.54, 1.807) is 20.8 Å². The molecule has 174 valence electrons. The number of hydrogen-bond donors (Lipinski definition) is 0. The molecule has 1 aliphatic rings. The van der Waals surface area contributed by atoms with Gasteiger partial charge in [-0.25, -0.2) is 0 Å². The van der Waals surface area contributed by atoms with Crippen molar-refractivity contribution in [2.24, 2.45) is 5.41 Å². The molecule has 0 radical (unpaired) electrons. The summed E-state index contributed by atoms with van der Waals surface area (Å²) < 4.78 is 0. The molecule has 0 amide bonds. The van der Waals surface area contributed by atoms with Crippen molar-refractivity contribution in [3.8, 4) is 0 Å². The molecule has 0 bridgehead atoms. The van der Waals surface area contributed by atoms with Crippen LogP contribution in [-0.2, 0) is 9.59 Å². The maximum Gasteiger partial charge on any atom is 0.185 e. The van der Waals surface area contributed by atoms with Gasteiger partial charge in [-0.2, -0.15) is 0 Å². The van der Waals surface area contributed by atoms with Crippen LogP contribution in [0.25, 0.3) is 0 Å². The molecule has 1 aliphatic carbocycles. The van der Waals surface area contributed by atoms with Crippen molar-refractivity contribution >= 4 is 11.6 Å². The molecule has 31 heavy (non-hydrogen) atoms. The predicted octanol–water partition coefficient (Wildman–Crippen LogP) is 8.63. The smallest absolute Gasteiger partial charge is 0.185 e. The Kier molecular flexibility index (Phi) is 11.5. The third-order valence-electron chi connectivity index (χ3n) is 6.46. The Bertz CT molecular complexity index is 763. The highest BCUT2D eigenvalue weighted by Crippen LogP contribution is 2.27. The van der Waals surface area contributed by atoms with Gasteiger partial charge in [0.15, 0.2) is 11.6 Å². The summed E-state index contributed by atoms with van der Waals surface area (Å²) in [7, 11) is 0. The van der Waals surface area contributed by atoms with Gasteiger partial charge in [-0.05, 0) is 97.8 Å². The summed E-state index contributed by atoms with van der Waals surface area (Å²) in [6, 6.07) is 0. The van der Waals surface area contributed by atoms with Crippen LogP contribution in [0.2, 0.25) is 0 Å². The molecule has 0 N–H and O–H groups in total. The van der Waals surface area contributed by atoms with Gasteiger partial charge in [0.05, 0.1) is 0 Å². The molecule has 0 aliphatic heterocycles. The van der Waals surface area contributed by atoms with E-state index in [0.29, 0.717) is 22.1 Å². The number of Topliss-reactive ketones (excluding diaryl/α,β-unsaturated/α-hetero) is 2. The van der Waals surface area contributed by atoms with Gasteiger partial charge in [-0.3, -0.25) is 9.59 Å². The van der Waals surface area contributed by atoms with Crippen LogP contribution >= 0.6 is 0 Å². The summed E-state index contributed by atoms with van der Waals surface area (Å²) in [6.45, 7) is 16.8. The van der Waals surface area contributed by atoms with E-state index in [1.165, 1.54) is 30.4 Å². The van der Waals surface area contributed by atoms with Gasteiger partial charge in [0.2, 0.25) is 0 Å². The standard InChI is InChI=1S/C29H46O2/c1-21(16-13-17-22(2)18-14-20-29(6,7)8)15-11-9-10-12-19-26-25(5)27(30)23(3)24(4)28(26)31/h15,17H,9-14,16,18-20H2,1-8H3/b21-15+,22-17+. The van der Waals surface area contributed by atoms with Crippen LogP contribution in [0.4, 0.5) is 0 Å². The lowest BCUT2D eigenvalue weighted by molar-refractivity contribution is -0.116. The van der Waals surface area contributed by atoms with Crippen LogP contribution in [0.5, 0.6) is 0 Å². The number of carbonyl (C=O) groups excluding carboxylic acids is 2. The van der Waals surface area contributed by atoms with Crippen molar-refractivity contribution in [1.82, 2.24) is 0 Å². The number of rotatable bonds is 12. The monoisotopic (exact) mass is 426 g/mol. The number of ketones is 2. The summed E-state index contributed by atoms with van der Waals surface area (Å²) in [5, 5.41) is 0. The second-order valence-electron chi connectivity index (χ2n) is 10.7. The fourth-order valence-electron chi connectivity index (χ4n) is 4.08. The molecule has 0 aromatic rings. The van der Waals surface area contributed by atoms with E-state index in [9.17, 15) is 9.59 Å². The fraction of sp³-hybridized carbons (Fsp3) is 0.655. The van der Waals surface area contributed by atoms with Crippen LogP contribution < -0.4 is 0 Å². The lowest BCUT2D eigenvalue weighted by Gasteiger charge is -2.18. The predicted molar refractivity (Wildman–Crippen MR) is 134 cm³/mol. The van der Waals surface area contributed by atoms with Crippen molar-refractivity contribution in [2.45, 2.75) is 120 Å². The Morgan fingerprint density at radius 1 is 0.710 bits per heavy atom. The zero-order valence-electron chi connectivity index (χ0n) is 21.5. The molecular weight excluding hydrogens is 380 g/mol. The molecule has 0 unspecified atom stereocenters. The van der Waals surface area contributed by atoms with Gasteiger partial charge < -0.3 is 0 Å². The number of allylic oxidation sites excluding steroid dienone is 8. The average Bonchev–Trinajstić information content (AvgIpc) is 2.68. The zero-order valence-corrected chi connectivity index (χ0v) is 21.5. The first-order valence-electron chi connectivity index (χ1n) is 12.2.